The fourth-order valence-electron chi connectivity index (χ4n) is 3.35. The Kier molecular flexibility index (Phi) is 7.14. The average molecular weight is 363 g/mol. The summed E-state index contributed by atoms with van der Waals surface area (Å²) in [6, 6.07) is 12.8. The Bertz CT molecular complexity index is 766. The van der Waals surface area contributed by atoms with Crippen molar-refractivity contribution in [3.8, 4) is 11.3 Å². The SMILES string of the molecule is Cl.Cn1c(-c2cccnc2)c(CCCCCCCl)c2ccccc21. The Morgan fingerprint density at radius 2 is 1.79 bits per heavy atom. The Balaban J connectivity index is 0.00000208. The summed E-state index contributed by atoms with van der Waals surface area (Å²) in [5, 5.41) is 1.37. The molecule has 2 nitrogen and oxygen atoms in total. The van der Waals surface area contributed by atoms with Gasteiger partial charge >= 0.3 is 0 Å². The summed E-state index contributed by atoms with van der Waals surface area (Å²) < 4.78 is 2.31. The van der Waals surface area contributed by atoms with Gasteiger partial charge in [-0.05, 0) is 43.0 Å². The molecule has 0 spiro atoms. The quantitative estimate of drug-likeness (QED) is 0.372. The van der Waals surface area contributed by atoms with E-state index in [4.69, 9.17) is 11.6 Å². The average Bonchev–Trinajstić information content (AvgIpc) is 2.88. The van der Waals surface area contributed by atoms with Crippen LogP contribution in [-0.2, 0) is 13.5 Å². The van der Waals surface area contributed by atoms with Crippen molar-refractivity contribution in [1.82, 2.24) is 9.55 Å². The molecule has 0 aliphatic rings. The number of aromatic nitrogens is 2. The number of rotatable bonds is 7. The third-order valence-electron chi connectivity index (χ3n) is 4.46. The van der Waals surface area contributed by atoms with Crippen molar-refractivity contribution >= 4 is 34.9 Å². The molecule has 0 bridgehead atoms. The lowest BCUT2D eigenvalue weighted by Gasteiger charge is -2.08. The van der Waals surface area contributed by atoms with E-state index in [9.17, 15) is 0 Å². The minimum absolute atomic E-state index is 0. The highest BCUT2D eigenvalue weighted by atomic mass is 35.5. The summed E-state index contributed by atoms with van der Waals surface area (Å²) in [4.78, 5) is 4.31. The summed E-state index contributed by atoms with van der Waals surface area (Å²) >= 11 is 5.77. The lowest BCUT2D eigenvalue weighted by molar-refractivity contribution is 0.670. The minimum Gasteiger partial charge on any atom is -0.343 e. The molecule has 0 saturated heterocycles. The normalized spacial score (nSPS) is 10.8. The number of unbranched alkanes of at least 4 members (excludes halogenated alkanes) is 3. The van der Waals surface area contributed by atoms with Gasteiger partial charge in [0, 0.05) is 41.8 Å². The number of nitrogens with zero attached hydrogens (tertiary/aromatic N) is 2. The van der Waals surface area contributed by atoms with Gasteiger partial charge in [-0.2, -0.15) is 0 Å². The first-order chi connectivity index (χ1) is 11.3. The Morgan fingerprint density at radius 3 is 2.54 bits per heavy atom. The maximum absolute atomic E-state index is 5.77. The van der Waals surface area contributed by atoms with Crippen LogP contribution in [0.3, 0.4) is 0 Å². The molecule has 0 saturated carbocycles. The van der Waals surface area contributed by atoms with Crippen LogP contribution in [0.5, 0.6) is 0 Å². The van der Waals surface area contributed by atoms with Gasteiger partial charge in [0.2, 0.25) is 0 Å². The highest BCUT2D eigenvalue weighted by Crippen LogP contribution is 2.33. The third kappa shape index (κ3) is 3.93. The molecular weight excluding hydrogens is 339 g/mol. The standard InChI is InChI=1S/C20H23ClN2.ClH/c1-23-19-12-6-5-10-17(19)18(11-4-2-3-7-13-21)20(23)16-9-8-14-22-15-16;/h5-6,8-10,12,14-15H,2-4,7,11,13H2,1H3;1H. The van der Waals surface area contributed by atoms with Gasteiger partial charge in [-0.15, -0.1) is 24.0 Å². The zero-order valence-electron chi connectivity index (χ0n) is 14.0. The molecule has 0 unspecified atom stereocenters. The summed E-state index contributed by atoms with van der Waals surface area (Å²) in [6.07, 6.45) is 9.68. The minimum atomic E-state index is 0. The molecular formula is C20H24Cl2N2. The molecule has 0 amide bonds. The van der Waals surface area contributed by atoms with Gasteiger partial charge in [-0.1, -0.05) is 31.0 Å². The lowest BCUT2D eigenvalue weighted by Crippen LogP contribution is -1.95. The van der Waals surface area contributed by atoms with Crippen LogP contribution in [0.1, 0.15) is 31.2 Å². The predicted molar refractivity (Wildman–Crippen MR) is 106 cm³/mol. The van der Waals surface area contributed by atoms with Crippen molar-refractivity contribution < 1.29 is 0 Å². The number of fused-ring (bicyclic) bond motifs is 1. The number of aryl methyl sites for hydroxylation is 2. The highest BCUT2D eigenvalue weighted by molar-refractivity contribution is 6.17. The summed E-state index contributed by atoms with van der Waals surface area (Å²) in [6.45, 7) is 0. The molecule has 3 rings (SSSR count). The van der Waals surface area contributed by atoms with E-state index in [1.807, 2.05) is 18.5 Å². The number of para-hydroxylation sites is 1. The second-order valence-electron chi connectivity index (χ2n) is 6.00. The number of pyridine rings is 1. The van der Waals surface area contributed by atoms with Crippen LogP contribution in [-0.4, -0.2) is 15.4 Å². The first-order valence-corrected chi connectivity index (χ1v) is 8.89. The predicted octanol–water partition coefficient (Wildman–Crippen LogP) is 6.00. The van der Waals surface area contributed by atoms with E-state index in [0.29, 0.717) is 0 Å². The molecule has 0 fully saturated rings. The summed E-state index contributed by atoms with van der Waals surface area (Å²) in [5.41, 5.74) is 5.24. The van der Waals surface area contributed by atoms with E-state index < -0.39 is 0 Å². The Hall–Kier alpha value is -1.51. The first kappa shape index (κ1) is 18.8. The molecule has 0 aliphatic heterocycles. The first-order valence-electron chi connectivity index (χ1n) is 8.35. The van der Waals surface area contributed by atoms with Gasteiger partial charge in [0.15, 0.2) is 0 Å². The molecule has 3 aromatic rings. The van der Waals surface area contributed by atoms with E-state index in [1.54, 1.807) is 0 Å². The maximum atomic E-state index is 5.77. The number of benzene rings is 1. The zero-order chi connectivity index (χ0) is 16.1. The second kappa shape index (κ2) is 9.10. The molecule has 0 aliphatic carbocycles. The van der Waals surface area contributed by atoms with E-state index >= 15 is 0 Å². The lowest BCUT2D eigenvalue weighted by atomic mass is 10.0. The van der Waals surface area contributed by atoms with Crippen LogP contribution in [0.2, 0.25) is 0 Å². The number of alkyl halides is 1. The van der Waals surface area contributed by atoms with Crippen molar-refractivity contribution in [3.05, 3.63) is 54.4 Å². The van der Waals surface area contributed by atoms with Crippen molar-refractivity contribution in [2.24, 2.45) is 7.05 Å². The van der Waals surface area contributed by atoms with Crippen molar-refractivity contribution in [3.63, 3.8) is 0 Å². The van der Waals surface area contributed by atoms with Crippen molar-refractivity contribution in [2.45, 2.75) is 32.1 Å². The number of hydrogen-bond acceptors (Lipinski definition) is 1. The largest absolute Gasteiger partial charge is 0.343 e. The third-order valence-corrected chi connectivity index (χ3v) is 4.72. The summed E-state index contributed by atoms with van der Waals surface area (Å²) in [7, 11) is 2.15. The fourth-order valence-corrected chi connectivity index (χ4v) is 3.53. The molecule has 24 heavy (non-hydrogen) atoms. The molecule has 2 heterocycles. The Labute approximate surface area is 155 Å². The highest BCUT2D eigenvalue weighted by Gasteiger charge is 2.15. The topological polar surface area (TPSA) is 17.8 Å². The van der Waals surface area contributed by atoms with Gasteiger partial charge in [0.25, 0.3) is 0 Å². The van der Waals surface area contributed by atoms with Crippen LogP contribution in [0.25, 0.3) is 22.2 Å². The van der Waals surface area contributed by atoms with E-state index in [0.717, 1.165) is 18.7 Å². The van der Waals surface area contributed by atoms with Crippen LogP contribution in [0.15, 0.2) is 48.8 Å². The van der Waals surface area contributed by atoms with Gasteiger partial charge < -0.3 is 4.57 Å². The van der Waals surface area contributed by atoms with Crippen LogP contribution < -0.4 is 0 Å². The molecule has 0 atom stereocenters. The van der Waals surface area contributed by atoms with E-state index in [1.165, 1.54) is 47.0 Å². The van der Waals surface area contributed by atoms with Gasteiger partial charge in [0.1, 0.15) is 0 Å². The van der Waals surface area contributed by atoms with Gasteiger partial charge in [-0.3, -0.25) is 4.98 Å². The molecule has 4 heteroatoms. The zero-order valence-corrected chi connectivity index (χ0v) is 15.6. The molecule has 0 radical (unpaired) electrons. The van der Waals surface area contributed by atoms with Crippen LogP contribution >= 0.6 is 24.0 Å². The van der Waals surface area contributed by atoms with Crippen molar-refractivity contribution in [2.75, 3.05) is 5.88 Å². The van der Waals surface area contributed by atoms with Crippen LogP contribution in [0, 0.1) is 0 Å². The smallest absolute Gasteiger partial charge is 0.0536 e. The van der Waals surface area contributed by atoms with Gasteiger partial charge in [-0.25, -0.2) is 0 Å². The molecule has 1 aromatic carbocycles. The molecule has 2 aromatic heterocycles. The summed E-state index contributed by atoms with van der Waals surface area (Å²) in [5.74, 6) is 0.773. The number of hydrogen-bond donors (Lipinski definition) is 0. The fraction of sp³-hybridized carbons (Fsp3) is 0.350. The van der Waals surface area contributed by atoms with Crippen LogP contribution in [0.4, 0.5) is 0 Å². The maximum Gasteiger partial charge on any atom is 0.0536 e. The van der Waals surface area contributed by atoms with E-state index in [-0.39, 0.29) is 12.4 Å². The molecule has 128 valence electrons. The monoisotopic (exact) mass is 362 g/mol. The number of halogens is 2. The molecule has 0 N–H and O–H groups in total. The van der Waals surface area contributed by atoms with Gasteiger partial charge in [0.05, 0.1) is 5.69 Å². The van der Waals surface area contributed by atoms with E-state index in [2.05, 4.69) is 46.9 Å². The van der Waals surface area contributed by atoms with Crippen molar-refractivity contribution in [1.29, 1.82) is 0 Å². The Morgan fingerprint density at radius 1 is 1.00 bits per heavy atom. The second-order valence-corrected chi connectivity index (χ2v) is 6.38.